The second-order valence-electron chi connectivity index (χ2n) is 26.0. The second-order valence-corrected chi connectivity index (χ2v) is 27.4. The molecule has 84 heavy (non-hydrogen) atoms. The molecule has 0 aliphatic carbocycles. The van der Waals surface area contributed by atoms with Crippen LogP contribution in [0, 0.1) is 0 Å². The minimum absolute atomic E-state index is 0.0349. The van der Waals surface area contributed by atoms with E-state index in [1.807, 2.05) is 21.1 Å². The van der Waals surface area contributed by atoms with Gasteiger partial charge in [-0.15, -0.1) is 0 Å². The molecule has 9 nitrogen and oxygen atoms in total. The van der Waals surface area contributed by atoms with E-state index >= 15 is 0 Å². The quantitative estimate of drug-likeness (QED) is 0.0211. The van der Waals surface area contributed by atoms with Gasteiger partial charge in [0, 0.05) is 12.8 Å². The Labute approximate surface area is 522 Å². The topological polar surface area (TPSA) is 108 Å². The second kappa shape index (κ2) is 65.4. The van der Waals surface area contributed by atoms with Crippen LogP contribution < -0.4 is 0 Å². The Morgan fingerprint density at radius 1 is 0.381 bits per heavy atom. The number of unbranched alkanes of at least 4 members (excludes halogenated alkanes) is 46. The van der Waals surface area contributed by atoms with Crippen molar-refractivity contribution in [2.24, 2.45) is 0 Å². The number of likely N-dealkylation sites (N-methyl/N-ethyl adjacent to an activating group) is 1. The fourth-order valence-electron chi connectivity index (χ4n) is 10.8. The third-order valence-electron chi connectivity index (χ3n) is 16.4. The summed E-state index contributed by atoms with van der Waals surface area (Å²) in [5, 5.41) is 0. The van der Waals surface area contributed by atoms with Crippen LogP contribution in [-0.2, 0) is 32.7 Å². The molecule has 0 aliphatic rings. The van der Waals surface area contributed by atoms with Crippen molar-refractivity contribution in [1.29, 1.82) is 0 Å². The van der Waals surface area contributed by atoms with Crippen molar-refractivity contribution < 1.29 is 42.1 Å². The molecule has 0 amide bonds. The summed E-state index contributed by atoms with van der Waals surface area (Å²) in [4.78, 5) is 35.9. The zero-order chi connectivity index (χ0) is 61.2. The van der Waals surface area contributed by atoms with Gasteiger partial charge in [-0.05, 0) is 51.4 Å². The number of quaternary nitrogens is 1. The Balaban J connectivity index is 3.95. The number of hydrogen-bond acceptors (Lipinski definition) is 7. The fourth-order valence-corrected chi connectivity index (χ4v) is 11.6. The third kappa shape index (κ3) is 69.1. The Morgan fingerprint density at radius 2 is 0.679 bits per heavy atom. The molecule has 2 atom stereocenters. The zero-order valence-corrected chi connectivity index (χ0v) is 57.3. The number of carbonyl (C=O) groups is 2. The first-order chi connectivity index (χ1) is 41.0. The van der Waals surface area contributed by atoms with Crippen molar-refractivity contribution >= 4 is 19.8 Å². The molecule has 0 aromatic rings. The van der Waals surface area contributed by atoms with E-state index in [4.69, 9.17) is 18.5 Å². The Hall–Kier alpha value is -2.03. The van der Waals surface area contributed by atoms with Crippen molar-refractivity contribution in [3.63, 3.8) is 0 Å². The molecule has 0 saturated carbocycles. The Kier molecular flexibility index (Phi) is 63.8. The number of rotatable bonds is 68. The van der Waals surface area contributed by atoms with E-state index in [9.17, 15) is 19.0 Å². The van der Waals surface area contributed by atoms with E-state index in [1.165, 1.54) is 270 Å². The van der Waals surface area contributed by atoms with Crippen molar-refractivity contribution in [3.8, 4) is 0 Å². The van der Waals surface area contributed by atoms with Crippen LogP contribution in [0.5, 0.6) is 0 Å². The number of carbonyl (C=O) groups excluding carboxylic acids is 2. The lowest BCUT2D eigenvalue weighted by atomic mass is 10.0. The molecule has 494 valence electrons. The molecule has 0 bridgehead atoms. The van der Waals surface area contributed by atoms with E-state index in [-0.39, 0.29) is 25.6 Å². The molecule has 0 aromatic carbocycles. The van der Waals surface area contributed by atoms with E-state index in [0.29, 0.717) is 23.9 Å². The lowest BCUT2D eigenvalue weighted by molar-refractivity contribution is -0.870. The number of allylic oxidation sites excluding steroid dienone is 8. The third-order valence-corrected chi connectivity index (χ3v) is 17.4. The summed E-state index contributed by atoms with van der Waals surface area (Å²) in [6.07, 6.45) is 85.2. The zero-order valence-electron chi connectivity index (χ0n) is 56.4. The summed E-state index contributed by atoms with van der Waals surface area (Å²) in [5.41, 5.74) is 0. The van der Waals surface area contributed by atoms with E-state index in [0.717, 1.165) is 57.8 Å². The molecule has 1 N–H and O–H groups in total. The van der Waals surface area contributed by atoms with E-state index < -0.39 is 26.5 Å². The summed E-state index contributed by atoms with van der Waals surface area (Å²) in [5.74, 6) is -0.773. The molecule has 0 aliphatic heterocycles. The SMILES string of the molecule is CC/C=C\C/C=C\C/C=C\C/C=C\CCCCCCCCCCCCCCCCCCCCCCCCC(=O)OC(COC(=O)CCCCCCCCCCCCCCCCCCCCCCCCCCC)COP(=O)(O)OCC[N+](C)(C)C. The molecule has 0 fully saturated rings. The highest BCUT2D eigenvalue weighted by Gasteiger charge is 2.27. The standard InChI is InChI=1S/C74H140NO8P/c1-6-8-10-12-14-16-18-20-22-24-26-28-30-32-33-34-35-36-37-38-39-40-41-43-45-47-49-51-53-55-57-59-61-63-65-67-74(77)83-72(71-82-84(78,79)81-69-68-75(3,4)5)70-80-73(76)66-64-62-60-58-56-54-52-50-48-46-44-42-31-29-27-25-23-21-19-17-15-13-11-9-7-2/h8,10,14,16,20,22,26,28,72H,6-7,9,11-13,15,17-19,21,23-25,27,29-71H2,1-5H3/p+1/b10-8-,16-14-,22-20-,28-26-. The smallest absolute Gasteiger partial charge is 0.462 e. The van der Waals surface area contributed by atoms with Gasteiger partial charge in [0.25, 0.3) is 0 Å². The van der Waals surface area contributed by atoms with Crippen LogP contribution in [0.25, 0.3) is 0 Å². The van der Waals surface area contributed by atoms with Gasteiger partial charge in [0.2, 0.25) is 0 Å². The van der Waals surface area contributed by atoms with Gasteiger partial charge in [-0.3, -0.25) is 18.6 Å². The predicted octanol–water partition coefficient (Wildman–Crippen LogP) is 23.6. The van der Waals surface area contributed by atoms with Crippen molar-refractivity contribution in [2.45, 2.75) is 367 Å². The highest BCUT2D eigenvalue weighted by atomic mass is 31.2. The number of nitrogens with zero attached hydrogens (tertiary/aromatic N) is 1. The maximum atomic E-state index is 12.9. The van der Waals surface area contributed by atoms with Crippen LogP contribution in [0.15, 0.2) is 48.6 Å². The van der Waals surface area contributed by atoms with Gasteiger partial charge in [0.1, 0.15) is 19.8 Å². The van der Waals surface area contributed by atoms with Gasteiger partial charge in [0.15, 0.2) is 6.10 Å². The largest absolute Gasteiger partial charge is 0.472 e. The monoisotopic (exact) mass is 1200 g/mol. The lowest BCUT2D eigenvalue weighted by Crippen LogP contribution is -2.37. The molecule has 0 heterocycles. The van der Waals surface area contributed by atoms with Gasteiger partial charge in [-0.2, -0.15) is 0 Å². The van der Waals surface area contributed by atoms with Crippen LogP contribution in [0.3, 0.4) is 0 Å². The molecule has 10 heteroatoms. The summed E-state index contributed by atoms with van der Waals surface area (Å²) in [7, 11) is 1.50. The summed E-state index contributed by atoms with van der Waals surface area (Å²) in [6, 6.07) is 0. The Morgan fingerprint density at radius 3 is 1.01 bits per heavy atom. The molecule has 0 radical (unpaired) electrons. The first-order valence-electron chi connectivity index (χ1n) is 36.4. The molecular formula is C74H141NO8P+. The van der Waals surface area contributed by atoms with Gasteiger partial charge < -0.3 is 18.9 Å². The van der Waals surface area contributed by atoms with Crippen LogP contribution in [0.2, 0.25) is 0 Å². The van der Waals surface area contributed by atoms with Crippen molar-refractivity contribution in [1.82, 2.24) is 0 Å². The van der Waals surface area contributed by atoms with Crippen molar-refractivity contribution in [2.75, 3.05) is 47.5 Å². The number of hydrogen-bond donors (Lipinski definition) is 1. The average molecular weight is 1200 g/mol. The van der Waals surface area contributed by atoms with Crippen LogP contribution in [-0.4, -0.2) is 74.9 Å². The summed E-state index contributed by atoms with van der Waals surface area (Å²) < 4.78 is 34.8. The maximum absolute atomic E-state index is 12.9. The first-order valence-corrected chi connectivity index (χ1v) is 37.9. The molecule has 0 rings (SSSR count). The minimum Gasteiger partial charge on any atom is -0.462 e. The van der Waals surface area contributed by atoms with Crippen LogP contribution >= 0.6 is 7.82 Å². The molecule has 0 aromatic heterocycles. The number of esters is 2. The lowest BCUT2D eigenvalue weighted by Gasteiger charge is -2.24. The molecular weight excluding hydrogens is 1060 g/mol. The highest BCUT2D eigenvalue weighted by molar-refractivity contribution is 7.47. The van der Waals surface area contributed by atoms with Gasteiger partial charge in [-0.25, -0.2) is 4.57 Å². The normalized spacial score (nSPS) is 13.4. The highest BCUT2D eigenvalue weighted by Crippen LogP contribution is 2.43. The van der Waals surface area contributed by atoms with Gasteiger partial charge >= 0.3 is 19.8 Å². The van der Waals surface area contributed by atoms with E-state index in [1.54, 1.807) is 0 Å². The number of phosphoric ester groups is 1. The van der Waals surface area contributed by atoms with E-state index in [2.05, 4.69) is 62.5 Å². The molecule has 0 spiro atoms. The van der Waals surface area contributed by atoms with Gasteiger partial charge in [0.05, 0.1) is 27.7 Å². The fraction of sp³-hybridized carbons (Fsp3) is 0.865. The summed E-state index contributed by atoms with van der Waals surface area (Å²) in [6.45, 7) is 4.40. The number of phosphoric acid groups is 1. The number of ether oxygens (including phenoxy) is 2. The summed E-state index contributed by atoms with van der Waals surface area (Å²) >= 11 is 0. The van der Waals surface area contributed by atoms with Gasteiger partial charge in [-0.1, -0.05) is 345 Å². The Bertz CT molecular complexity index is 1560. The van der Waals surface area contributed by atoms with Crippen LogP contribution in [0.1, 0.15) is 361 Å². The average Bonchev–Trinajstić information content (AvgIpc) is 3.61. The predicted molar refractivity (Wildman–Crippen MR) is 363 cm³/mol. The van der Waals surface area contributed by atoms with Crippen molar-refractivity contribution in [3.05, 3.63) is 48.6 Å². The maximum Gasteiger partial charge on any atom is 0.472 e. The molecule has 2 unspecified atom stereocenters. The minimum atomic E-state index is -4.39. The van der Waals surface area contributed by atoms with Crippen LogP contribution in [0.4, 0.5) is 0 Å². The first kappa shape index (κ1) is 82.0. The molecule has 0 saturated heterocycles.